The molecule has 2 heterocycles. The molecule has 0 spiro atoms. The number of furan rings is 1. The van der Waals surface area contributed by atoms with Gasteiger partial charge in [0.25, 0.3) is 0 Å². The molecule has 1 unspecified atom stereocenters. The zero-order chi connectivity index (χ0) is 17.7. The first kappa shape index (κ1) is 17.5. The lowest BCUT2D eigenvalue weighted by molar-refractivity contribution is -0.121. The monoisotopic (exact) mass is 359 g/mol. The Balaban J connectivity index is 1.62. The smallest absolute Gasteiger partial charge is 0.234 e. The molecule has 132 valence electrons. The molecule has 3 rings (SSSR count). The molecule has 1 saturated carbocycles. The van der Waals surface area contributed by atoms with Gasteiger partial charge in [-0.05, 0) is 31.9 Å². The standard InChI is InChI=1S/C17H21N5O2S/c1-13(15(23)20-17(11-18)7-3-2-4-8-17)25-16-21-19-12-22(16)10-14-6-5-9-24-14/h5-6,9,12-13H,2-4,7-8,10H2,1H3,(H,20,23). The molecule has 8 heteroatoms. The van der Waals surface area contributed by atoms with Gasteiger partial charge < -0.3 is 14.3 Å². The van der Waals surface area contributed by atoms with Crippen LogP contribution in [0.25, 0.3) is 0 Å². The van der Waals surface area contributed by atoms with Crippen LogP contribution >= 0.6 is 11.8 Å². The van der Waals surface area contributed by atoms with Crippen LogP contribution < -0.4 is 5.32 Å². The average Bonchev–Trinajstić information content (AvgIpc) is 3.28. The van der Waals surface area contributed by atoms with Gasteiger partial charge in [0.05, 0.1) is 24.1 Å². The molecule has 1 atom stereocenters. The van der Waals surface area contributed by atoms with Gasteiger partial charge in [0, 0.05) is 0 Å². The molecular weight excluding hydrogens is 338 g/mol. The van der Waals surface area contributed by atoms with E-state index in [4.69, 9.17) is 4.42 Å². The second-order valence-corrected chi connectivity index (χ2v) is 7.63. The number of carbonyl (C=O) groups excluding carboxylic acids is 1. The minimum Gasteiger partial charge on any atom is -0.467 e. The summed E-state index contributed by atoms with van der Waals surface area (Å²) in [5.41, 5.74) is -0.716. The first-order valence-electron chi connectivity index (χ1n) is 8.42. The number of thioether (sulfide) groups is 1. The van der Waals surface area contributed by atoms with Crippen LogP contribution in [0.5, 0.6) is 0 Å². The molecular formula is C17H21N5O2S. The van der Waals surface area contributed by atoms with E-state index in [-0.39, 0.29) is 11.2 Å². The molecule has 1 N–H and O–H groups in total. The fourth-order valence-corrected chi connectivity index (χ4v) is 3.81. The first-order chi connectivity index (χ1) is 12.1. The number of rotatable bonds is 6. The summed E-state index contributed by atoms with van der Waals surface area (Å²) in [6.07, 6.45) is 7.77. The van der Waals surface area contributed by atoms with E-state index in [1.807, 2.05) is 23.6 Å². The van der Waals surface area contributed by atoms with Gasteiger partial charge in [-0.25, -0.2) is 0 Å². The fourth-order valence-electron chi connectivity index (χ4n) is 2.98. The van der Waals surface area contributed by atoms with E-state index in [2.05, 4.69) is 21.6 Å². The summed E-state index contributed by atoms with van der Waals surface area (Å²) in [6.45, 7) is 2.33. The minimum absolute atomic E-state index is 0.138. The van der Waals surface area contributed by atoms with Crippen LogP contribution in [0.15, 0.2) is 34.3 Å². The highest BCUT2D eigenvalue weighted by molar-refractivity contribution is 8.00. The first-order valence-corrected chi connectivity index (χ1v) is 9.30. The van der Waals surface area contributed by atoms with Crippen molar-refractivity contribution in [3.8, 4) is 6.07 Å². The minimum atomic E-state index is -0.716. The van der Waals surface area contributed by atoms with E-state index in [0.29, 0.717) is 11.7 Å². The summed E-state index contributed by atoms with van der Waals surface area (Å²) in [5.74, 6) is 0.658. The Morgan fingerprint density at radius 1 is 1.52 bits per heavy atom. The molecule has 1 amide bonds. The second kappa shape index (κ2) is 7.74. The topological polar surface area (TPSA) is 96.7 Å². The Labute approximate surface area is 150 Å². The molecule has 0 bridgehead atoms. The highest BCUT2D eigenvalue weighted by atomic mass is 32.2. The van der Waals surface area contributed by atoms with E-state index >= 15 is 0 Å². The molecule has 7 nitrogen and oxygen atoms in total. The molecule has 0 aliphatic heterocycles. The maximum absolute atomic E-state index is 12.6. The lowest BCUT2D eigenvalue weighted by Crippen LogP contribution is -2.51. The van der Waals surface area contributed by atoms with Gasteiger partial charge in [-0.2, -0.15) is 5.26 Å². The molecule has 1 aliphatic rings. The molecule has 0 aromatic carbocycles. The fraction of sp³-hybridized carbons (Fsp3) is 0.529. The second-order valence-electron chi connectivity index (χ2n) is 6.32. The number of nitrogens with one attached hydrogen (secondary N) is 1. The van der Waals surface area contributed by atoms with Crippen LogP contribution in [-0.4, -0.2) is 31.5 Å². The van der Waals surface area contributed by atoms with Crippen molar-refractivity contribution in [1.29, 1.82) is 5.26 Å². The van der Waals surface area contributed by atoms with E-state index in [0.717, 1.165) is 37.9 Å². The van der Waals surface area contributed by atoms with Crippen LogP contribution in [-0.2, 0) is 11.3 Å². The number of hydrogen-bond donors (Lipinski definition) is 1. The van der Waals surface area contributed by atoms with Crippen LogP contribution in [0.3, 0.4) is 0 Å². The van der Waals surface area contributed by atoms with Crippen molar-refractivity contribution < 1.29 is 9.21 Å². The van der Waals surface area contributed by atoms with Gasteiger partial charge in [-0.15, -0.1) is 10.2 Å². The van der Waals surface area contributed by atoms with Crippen molar-refractivity contribution in [2.75, 3.05) is 0 Å². The van der Waals surface area contributed by atoms with Gasteiger partial charge in [0.15, 0.2) is 5.16 Å². The zero-order valence-corrected chi connectivity index (χ0v) is 15.0. The predicted octanol–water partition coefficient (Wildman–Crippen LogP) is 2.74. The summed E-state index contributed by atoms with van der Waals surface area (Å²) in [6, 6.07) is 6.02. The Morgan fingerprint density at radius 2 is 2.32 bits per heavy atom. The third-order valence-electron chi connectivity index (χ3n) is 4.42. The predicted molar refractivity (Wildman–Crippen MR) is 92.7 cm³/mol. The maximum Gasteiger partial charge on any atom is 0.234 e. The summed E-state index contributed by atoms with van der Waals surface area (Å²) in [7, 11) is 0. The summed E-state index contributed by atoms with van der Waals surface area (Å²) < 4.78 is 7.18. The van der Waals surface area contributed by atoms with Gasteiger partial charge in [-0.3, -0.25) is 4.79 Å². The van der Waals surface area contributed by atoms with Crippen molar-refractivity contribution >= 4 is 17.7 Å². The molecule has 2 aromatic heterocycles. The third-order valence-corrected chi connectivity index (χ3v) is 5.52. The SMILES string of the molecule is CC(Sc1nncn1Cc1ccco1)C(=O)NC1(C#N)CCCCC1. The lowest BCUT2D eigenvalue weighted by Gasteiger charge is -2.32. The zero-order valence-electron chi connectivity index (χ0n) is 14.1. The van der Waals surface area contributed by atoms with E-state index in [9.17, 15) is 10.1 Å². The van der Waals surface area contributed by atoms with E-state index < -0.39 is 5.54 Å². The highest BCUT2D eigenvalue weighted by Crippen LogP contribution is 2.29. The van der Waals surface area contributed by atoms with Crippen molar-refractivity contribution in [3.63, 3.8) is 0 Å². The van der Waals surface area contributed by atoms with Gasteiger partial charge in [0.2, 0.25) is 5.91 Å². The van der Waals surface area contributed by atoms with Crippen molar-refractivity contribution in [1.82, 2.24) is 20.1 Å². The number of amides is 1. The van der Waals surface area contributed by atoms with Crippen molar-refractivity contribution in [2.45, 2.75) is 61.5 Å². The molecule has 0 radical (unpaired) electrons. The Hall–Kier alpha value is -2.27. The van der Waals surface area contributed by atoms with Crippen molar-refractivity contribution in [2.24, 2.45) is 0 Å². The van der Waals surface area contributed by atoms with Crippen LogP contribution in [0.1, 0.15) is 44.8 Å². The highest BCUT2D eigenvalue weighted by Gasteiger charge is 2.35. The third kappa shape index (κ3) is 4.23. The normalized spacial score (nSPS) is 17.6. The number of nitrogens with zero attached hydrogens (tertiary/aromatic N) is 4. The molecule has 1 fully saturated rings. The molecule has 2 aromatic rings. The van der Waals surface area contributed by atoms with Gasteiger partial charge in [0.1, 0.15) is 17.6 Å². The quantitative estimate of drug-likeness (QED) is 0.797. The Bertz CT molecular complexity index is 743. The van der Waals surface area contributed by atoms with Crippen molar-refractivity contribution in [3.05, 3.63) is 30.5 Å². The van der Waals surface area contributed by atoms with Crippen LogP contribution in [0.2, 0.25) is 0 Å². The average molecular weight is 359 g/mol. The number of hydrogen-bond acceptors (Lipinski definition) is 6. The maximum atomic E-state index is 12.6. The molecule has 25 heavy (non-hydrogen) atoms. The number of carbonyl (C=O) groups is 1. The van der Waals surface area contributed by atoms with E-state index in [1.165, 1.54) is 11.8 Å². The van der Waals surface area contributed by atoms with Crippen LogP contribution in [0.4, 0.5) is 0 Å². The number of aromatic nitrogens is 3. The lowest BCUT2D eigenvalue weighted by atomic mass is 9.83. The van der Waals surface area contributed by atoms with Gasteiger partial charge in [-0.1, -0.05) is 31.0 Å². The summed E-state index contributed by atoms with van der Waals surface area (Å²) >= 11 is 1.33. The van der Waals surface area contributed by atoms with E-state index in [1.54, 1.807) is 12.6 Å². The largest absolute Gasteiger partial charge is 0.467 e. The number of nitriles is 1. The Kier molecular flexibility index (Phi) is 5.43. The molecule has 0 saturated heterocycles. The summed E-state index contributed by atoms with van der Waals surface area (Å²) in [4.78, 5) is 12.6. The molecule has 1 aliphatic carbocycles. The Morgan fingerprint density at radius 3 is 3.00 bits per heavy atom. The summed E-state index contributed by atoms with van der Waals surface area (Å²) in [5, 5.41) is 20.8. The van der Waals surface area contributed by atoms with Crippen LogP contribution in [0, 0.1) is 11.3 Å². The van der Waals surface area contributed by atoms with Gasteiger partial charge >= 0.3 is 0 Å².